The standard InChI is InChI=1S/C16H13N3S/c17-10-13-15(11-6-2-1-3-7-11)18-16-19(13)12-8-4-5-9-14(12)20-16/h1-3,6-7H,4-5,8-9H2. The zero-order valence-corrected chi connectivity index (χ0v) is 11.8. The molecule has 1 aromatic carbocycles. The summed E-state index contributed by atoms with van der Waals surface area (Å²) in [4.78, 5) is 7.09. The number of nitriles is 1. The molecule has 0 amide bonds. The van der Waals surface area contributed by atoms with Gasteiger partial charge in [0.1, 0.15) is 11.8 Å². The van der Waals surface area contributed by atoms with Crippen molar-refractivity contribution in [3.63, 3.8) is 0 Å². The molecule has 2 aromatic heterocycles. The van der Waals surface area contributed by atoms with Gasteiger partial charge in [-0.2, -0.15) is 5.26 Å². The van der Waals surface area contributed by atoms with Crippen molar-refractivity contribution in [2.45, 2.75) is 25.7 Å². The molecule has 4 heteroatoms. The summed E-state index contributed by atoms with van der Waals surface area (Å²) >= 11 is 1.75. The average Bonchev–Trinajstić information content (AvgIpc) is 3.03. The van der Waals surface area contributed by atoms with Crippen molar-refractivity contribution in [1.29, 1.82) is 5.26 Å². The lowest BCUT2D eigenvalue weighted by atomic mass is 10.0. The molecule has 0 fully saturated rings. The summed E-state index contributed by atoms with van der Waals surface area (Å²) in [5.74, 6) is 0. The number of fused-ring (bicyclic) bond motifs is 3. The first-order valence-corrected chi connectivity index (χ1v) is 7.68. The van der Waals surface area contributed by atoms with Gasteiger partial charge in [-0.15, -0.1) is 11.3 Å². The topological polar surface area (TPSA) is 41.1 Å². The van der Waals surface area contributed by atoms with Crippen LogP contribution in [0.3, 0.4) is 0 Å². The fourth-order valence-electron chi connectivity index (χ4n) is 2.94. The second-order valence-corrected chi connectivity index (χ2v) is 6.15. The third-order valence-corrected chi connectivity index (χ3v) is 5.02. The smallest absolute Gasteiger partial charge is 0.195 e. The fraction of sp³-hybridized carbons (Fsp3) is 0.250. The molecule has 0 spiro atoms. The minimum absolute atomic E-state index is 0.686. The third kappa shape index (κ3) is 1.60. The van der Waals surface area contributed by atoms with Gasteiger partial charge in [-0.1, -0.05) is 30.3 Å². The van der Waals surface area contributed by atoms with E-state index in [1.165, 1.54) is 23.4 Å². The summed E-state index contributed by atoms with van der Waals surface area (Å²) in [6.07, 6.45) is 4.66. The number of aryl methyl sites for hydroxylation is 2. The quantitative estimate of drug-likeness (QED) is 0.679. The van der Waals surface area contributed by atoms with E-state index in [1.54, 1.807) is 11.3 Å². The Kier molecular flexibility index (Phi) is 2.61. The van der Waals surface area contributed by atoms with Gasteiger partial charge in [0.05, 0.1) is 0 Å². The molecule has 4 rings (SSSR count). The van der Waals surface area contributed by atoms with E-state index in [2.05, 4.69) is 10.5 Å². The van der Waals surface area contributed by atoms with E-state index >= 15 is 0 Å². The molecule has 3 aromatic rings. The van der Waals surface area contributed by atoms with Gasteiger partial charge in [0.15, 0.2) is 10.7 Å². The summed E-state index contributed by atoms with van der Waals surface area (Å²) in [5, 5.41) is 9.58. The van der Waals surface area contributed by atoms with Crippen molar-refractivity contribution >= 4 is 16.3 Å². The number of thiazole rings is 1. The van der Waals surface area contributed by atoms with Crippen LogP contribution in [0.4, 0.5) is 0 Å². The predicted molar refractivity (Wildman–Crippen MR) is 79.9 cm³/mol. The molecule has 98 valence electrons. The molecule has 0 unspecified atom stereocenters. The monoisotopic (exact) mass is 279 g/mol. The maximum atomic E-state index is 9.58. The summed E-state index contributed by atoms with van der Waals surface area (Å²) in [6, 6.07) is 12.3. The molecule has 2 heterocycles. The Hall–Kier alpha value is -2.12. The number of hydrogen-bond acceptors (Lipinski definition) is 3. The van der Waals surface area contributed by atoms with Gasteiger partial charge in [-0.05, 0) is 25.7 Å². The molecular weight excluding hydrogens is 266 g/mol. The number of benzene rings is 1. The first-order valence-electron chi connectivity index (χ1n) is 6.87. The van der Waals surface area contributed by atoms with E-state index < -0.39 is 0 Å². The summed E-state index contributed by atoms with van der Waals surface area (Å²) < 4.78 is 2.08. The van der Waals surface area contributed by atoms with E-state index in [0.29, 0.717) is 5.69 Å². The van der Waals surface area contributed by atoms with Crippen LogP contribution in [0.2, 0.25) is 0 Å². The normalized spacial score (nSPS) is 14.2. The second kappa shape index (κ2) is 4.46. The van der Waals surface area contributed by atoms with Crippen LogP contribution in [0, 0.1) is 11.3 Å². The lowest BCUT2D eigenvalue weighted by Crippen LogP contribution is -2.04. The van der Waals surface area contributed by atoms with Crippen LogP contribution < -0.4 is 0 Å². The zero-order chi connectivity index (χ0) is 13.5. The van der Waals surface area contributed by atoms with Crippen LogP contribution in [0.5, 0.6) is 0 Å². The number of hydrogen-bond donors (Lipinski definition) is 0. The molecule has 0 radical (unpaired) electrons. The van der Waals surface area contributed by atoms with Crippen molar-refractivity contribution in [3.8, 4) is 17.3 Å². The Bertz CT molecular complexity index is 821. The average molecular weight is 279 g/mol. The molecule has 0 aliphatic heterocycles. The lowest BCUT2D eigenvalue weighted by molar-refractivity contribution is 0.674. The predicted octanol–water partition coefficient (Wildman–Crippen LogP) is 3.81. The van der Waals surface area contributed by atoms with Gasteiger partial charge in [0.25, 0.3) is 0 Å². The van der Waals surface area contributed by atoms with Gasteiger partial charge in [-0.25, -0.2) is 4.98 Å². The van der Waals surface area contributed by atoms with Crippen molar-refractivity contribution < 1.29 is 0 Å². The Morgan fingerprint density at radius 1 is 1.15 bits per heavy atom. The maximum Gasteiger partial charge on any atom is 0.195 e. The van der Waals surface area contributed by atoms with Crippen LogP contribution in [-0.4, -0.2) is 9.38 Å². The Morgan fingerprint density at radius 3 is 2.75 bits per heavy atom. The highest BCUT2D eigenvalue weighted by Gasteiger charge is 2.22. The molecule has 20 heavy (non-hydrogen) atoms. The van der Waals surface area contributed by atoms with E-state index in [4.69, 9.17) is 4.98 Å². The third-order valence-electron chi connectivity index (χ3n) is 3.87. The van der Waals surface area contributed by atoms with E-state index in [-0.39, 0.29) is 0 Å². The van der Waals surface area contributed by atoms with Crippen molar-refractivity contribution in [2.24, 2.45) is 0 Å². The first kappa shape index (κ1) is 11.7. The van der Waals surface area contributed by atoms with Crippen LogP contribution in [0.25, 0.3) is 16.2 Å². The highest BCUT2D eigenvalue weighted by molar-refractivity contribution is 7.17. The SMILES string of the molecule is N#Cc1c(-c2ccccc2)nc2sc3c(n12)CCCC3. The van der Waals surface area contributed by atoms with Gasteiger partial charge < -0.3 is 0 Å². The molecule has 1 aliphatic rings. The molecule has 1 aliphatic carbocycles. The summed E-state index contributed by atoms with van der Waals surface area (Å²) in [5.41, 5.74) is 3.82. The van der Waals surface area contributed by atoms with E-state index in [0.717, 1.165) is 29.1 Å². The molecule has 0 saturated carbocycles. The van der Waals surface area contributed by atoms with Crippen LogP contribution in [0.15, 0.2) is 30.3 Å². The second-order valence-electron chi connectivity index (χ2n) is 5.08. The largest absolute Gasteiger partial charge is 0.278 e. The summed E-state index contributed by atoms with van der Waals surface area (Å²) in [7, 11) is 0. The highest BCUT2D eigenvalue weighted by atomic mass is 32.1. The van der Waals surface area contributed by atoms with Crippen molar-refractivity contribution in [1.82, 2.24) is 9.38 Å². The van der Waals surface area contributed by atoms with Gasteiger partial charge in [0, 0.05) is 16.1 Å². The minimum atomic E-state index is 0.686. The van der Waals surface area contributed by atoms with Crippen LogP contribution >= 0.6 is 11.3 Å². The first-order chi connectivity index (χ1) is 9.88. The minimum Gasteiger partial charge on any atom is -0.278 e. The Labute approximate surface area is 121 Å². The molecule has 3 nitrogen and oxygen atoms in total. The highest BCUT2D eigenvalue weighted by Crippen LogP contribution is 2.34. The number of aromatic nitrogens is 2. The zero-order valence-electron chi connectivity index (χ0n) is 11.0. The number of rotatable bonds is 1. The van der Waals surface area contributed by atoms with Crippen LogP contribution in [0.1, 0.15) is 29.1 Å². The molecule has 0 bridgehead atoms. The molecule has 0 N–H and O–H groups in total. The van der Waals surface area contributed by atoms with Crippen molar-refractivity contribution in [2.75, 3.05) is 0 Å². The fourth-order valence-corrected chi connectivity index (χ4v) is 4.15. The lowest BCUT2D eigenvalue weighted by Gasteiger charge is -2.10. The summed E-state index contributed by atoms with van der Waals surface area (Å²) in [6.45, 7) is 0. The van der Waals surface area contributed by atoms with Gasteiger partial charge >= 0.3 is 0 Å². The number of imidazole rings is 1. The van der Waals surface area contributed by atoms with Crippen molar-refractivity contribution in [3.05, 3.63) is 46.6 Å². The molecular formula is C16H13N3S. The number of nitrogens with zero attached hydrogens (tertiary/aromatic N) is 3. The van der Waals surface area contributed by atoms with Crippen LogP contribution in [-0.2, 0) is 12.8 Å². The maximum absolute atomic E-state index is 9.58. The van der Waals surface area contributed by atoms with Gasteiger partial charge in [0.2, 0.25) is 0 Å². The van der Waals surface area contributed by atoms with E-state index in [1.807, 2.05) is 30.3 Å². The van der Waals surface area contributed by atoms with Gasteiger partial charge in [-0.3, -0.25) is 4.40 Å². The Morgan fingerprint density at radius 2 is 1.95 bits per heavy atom. The van der Waals surface area contributed by atoms with E-state index in [9.17, 15) is 5.26 Å². The Balaban J connectivity index is 2.01. The molecule has 0 atom stereocenters. The molecule has 0 saturated heterocycles.